The quantitative estimate of drug-likeness (QED) is 0.752. The number of piperidine rings is 1. The van der Waals surface area contributed by atoms with Crippen LogP contribution in [0.15, 0.2) is 12.2 Å². The van der Waals surface area contributed by atoms with Gasteiger partial charge in [-0.2, -0.15) is 0 Å². The molecule has 21 heavy (non-hydrogen) atoms. The molecule has 2 fully saturated rings. The van der Waals surface area contributed by atoms with Crippen molar-refractivity contribution in [2.75, 3.05) is 13.1 Å². The minimum Gasteiger partial charge on any atom is -0.481 e. The summed E-state index contributed by atoms with van der Waals surface area (Å²) < 4.78 is 0. The summed E-state index contributed by atoms with van der Waals surface area (Å²) in [7, 11) is 0. The van der Waals surface area contributed by atoms with E-state index in [0.717, 1.165) is 12.8 Å². The van der Waals surface area contributed by atoms with Crippen LogP contribution in [0.5, 0.6) is 0 Å². The van der Waals surface area contributed by atoms with Gasteiger partial charge < -0.3 is 15.1 Å². The Balaban J connectivity index is 1.70. The second kappa shape index (κ2) is 5.16. The van der Waals surface area contributed by atoms with Crippen LogP contribution in [0.1, 0.15) is 19.3 Å². The maximum Gasteiger partial charge on any atom is 0.309 e. The van der Waals surface area contributed by atoms with Crippen LogP contribution >= 0.6 is 0 Å². The summed E-state index contributed by atoms with van der Waals surface area (Å²) in [5.74, 6) is -3.40. The summed E-state index contributed by atoms with van der Waals surface area (Å²) >= 11 is 0. The number of carboxylic acids is 2. The van der Waals surface area contributed by atoms with Crippen LogP contribution in [0.2, 0.25) is 0 Å². The predicted octanol–water partition coefficient (Wildman–Crippen LogP) is 0.833. The number of hydrogen-bond acceptors (Lipinski definition) is 3. The maximum atomic E-state index is 12.6. The Hall–Kier alpha value is -1.85. The van der Waals surface area contributed by atoms with Gasteiger partial charge in [0.2, 0.25) is 5.91 Å². The van der Waals surface area contributed by atoms with E-state index >= 15 is 0 Å². The number of fused-ring (bicyclic) bond motifs is 2. The van der Waals surface area contributed by atoms with Gasteiger partial charge in [-0.05, 0) is 31.1 Å². The fraction of sp³-hybridized carbons (Fsp3) is 0.667. The number of nitrogens with zero attached hydrogens (tertiary/aromatic N) is 1. The molecule has 1 heterocycles. The van der Waals surface area contributed by atoms with Crippen LogP contribution in [0, 0.1) is 29.6 Å². The highest BCUT2D eigenvalue weighted by molar-refractivity contribution is 5.84. The third-order valence-corrected chi connectivity index (χ3v) is 5.15. The Bertz CT molecular complexity index is 514. The van der Waals surface area contributed by atoms with Crippen molar-refractivity contribution in [2.45, 2.75) is 19.3 Å². The van der Waals surface area contributed by atoms with Crippen molar-refractivity contribution < 1.29 is 24.6 Å². The van der Waals surface area contributed by atoms with Gasteiger partial charge in [-0.3, -0.25) is 14.4 Å². The van der Waals surface area contributed by atoms with E-state index in [-0.39, 0.29) is 30.7 Å². The Labute approximate surface area is 122 Å². The van der Waals surface area contributed by atoms with Gasteiger partial charge in [0.1, 0.15) is 0 Å². The minimum absolute atomic E-state index is 0.00180. The number of amides is 1. The molecule has 6 heteroatoms. The molecule has 0 spiro atoms. The topological polar surface area (TPSA) is 94.9 Å². The van der Waals surface area contributed by atoms with Crippen molar-refractivity contribution >= 4 is 17.8 Å². The summed E-state index contributed by atoms with van der Waals surface area (Å²) in [6.07, 6.45) is 6.33. The van der Waals surface area contributed by atoms with E-state index in [9.17, 15) is 19.5 Å². The number of allylic oxidation sites excluding steroid dienone is 2. The molecular weight excluding hydrogens is 274 g/mol. The Morgan fingerprint density at radius 1 is 0.952 bits per heavy atom. The van der Waals surface area contributed by atoms with Gasteiger partial charge in [0, 0.05) is 19.0 Å². The number of aliphatic carboxylic acids is 2. The second-order valence-corrected chi connectivity index (χ2v) is 6.35. The van der Waals surface area contributed by atoms with Gasteiger partial charge >= 0.3 is 11.9 Å². The molecule has 0 aromatic carbocycles. The van der Waals surface area contributed by atoms with Gasteiger partial charge in [-0.1, -0.05) is 12.2 Å². The summed E-state index contributed by atoms with van der Waals surface area (Å²) in [5.41, 5.74) is 0. The molecule has 0 radical (unpaired) electrons. The summed E-state index contributed by atoms with van der Waals surface area (Å²) in [6, 6.07) is 0. The van der Waals surface area contributed by atoms with Crippen molar-refractivity contribution in [3.63, 3.8) is 0 Å². The zero-order valence-corrected chi connectivity index (χ0v) is 11.6. The van der Waals surface area contributed by atoms with Gasteiger partial charge in [0.05, 0.1) is 11.8 Å². The molecule has 1 saturated heterocycles. The van der Waals surface area contributed by atoms with Crippen LogP contribution in [0.4, 0.5) is 0 Å². The molecule has 0 aromatic rings. The molecule has 2 bridgehead atoms. The number of hydrogen-bond donors (Lipinski definition) is 2. The Morgan fingerprint density at radius 2 is 1.67 bits per heavy atom. The van der Waals surface area contributed by atoms with E-state index in [1.165, 1.54) is 0 Å². The lowest BCUT2D eigenvalue weighted by atomic mass is 9.84. The monoisotopic (exact) mass is 293 g/mol. The third-order valence-electron chi connectivity index (χ3n) is 5.15. The first-order chi connectivity index (χ1) is 9.97. The molecule has 1 aliphatic heterocycles. The van der Waals surface area contributed by atoms with Crippen LogP contribution in [-0.2, 0) is 14.4 Å². The maximum absolute atomic E-state index is 12.6. The Kier molecular flexibility index (Phi) is 3.47. The zero-order chi connectivity index (χ0) is 15.1. The van der Waals surface area contributed by atoms with Crippen molar-refractivity contribution in [2.24, 2.45) is 29.6 Å². The van der Waals surface area contributed by atoms with Crippen LogP contribution in [0.3, 0.4) is 0 Å². The van der Waals surface area contributed by atoms with Crippen LogP contribution in [-0.4, -0.2) is 46.0 Å². The van der Waals surface area contributed by atoms with Crippen molar-refractivity contribution in [1.29, 1.82) is 0 Å². The third kappa shape index (κ3) is 2.43. The molecular formula is C15H19NO5. The first kappa shape index (κ1) is 14.1. The highest BCUT2D eigenvalue weighted by Crippen LogP contribution is 2.44. The molecule has 5 atom stereocenters. The van der Waals surface area contributed by atoms with Gasteiger partial charge in [-0.15, -0.1) is 0 Å². The summed E-state index contributed by atoms with van der Waals surface area (Å²) in [4.78, 5) is 36.6. The summed E-state index contributed by atoms with van der Waals surface area (Å²) in [6.45, 7) is 0.361. The number of carbonyl (C=O) groups is 3. The molecule has 5 unspecified atom stereocenters. The molecule has 2 aliphatic carbocycles. The Morgan fingerprint density at radius 3 is 2.19 bits per heavy atom. The van der Waals surface area contributed by atoms with Crippen LogP contribution < -0.4 is 0 Å². The van der Waals surface area contributed by atoms with E-state index in [0.29, 0.717) is 12.5 Å². The average molecular weight is 293 g/mol. The fourth-order valence-corrected chi connectivity index (χ4v) is 4.00. The standard InChI is InChI=1S/C15H19NO5/c17-13(11-6-8-1-2-9(11)5-8)16-4-3-10(14(18)19)12(7-16)15(20)21/h1-2,8-12H,3-7H2,(H,18,19)(H,20,21). The van der Waals surface area contributed by atoms with E-state index in [4.69, 9.17) is 5.11 Å². The largest absolute Gasteiger partial charge is 0.481 e. The molecule has 0 aromatic heterocycles. The second-order valence-electron chi connectivity index (χ2n) is 6.35. The lowest BCUT2D eigenvalue weighted by molar-refractivity contribution is -0.160. The molecule has 6 nitrogen and oxygen atoms in total. The lowest BCUT2D eigenvalue weighted by Crippen LogP contribution is -2.50. The predicted molar refractivity (Wildman–Crippen MR) is 72.3 cm³/mol. The molecule has 1 saturated carbocycles. The molecule has 3 aliphatic rings. The minimum atomic E-state index is -1.13. The van der Waals surface area contributed by atoms with E-state index in [1.54, 1.807) is 4.90 Å². The normalized spacial score (nSPS) is 37.7. The van der Waals surface area contributed by atoms with Crippen molar-refractivity contribution in [3.8, 4) is 0 Å². The van der Waals surface area contributed by atoms with E-state index < -0.39 is 23.8 Å². The SMILES string of the molecule is O=C(O)C1CCN(C(=O)C2CC3C=CC2C3)CC1C(=O)O. The highest BCUT2D eigenvalue weighted by Gasteiger charge is 2.45. The van der Waals surface area contributed by atoms with Gasteiger partial charge in [0.25, 0.3) is 0 Å². The molecule has 2 N–H and O–H groups in total. The smallest absolute Gasteiger partial charge is 0.309 e. The fourth-order valence-electron chi connectivity index (χ4n) is 4.00. The van der Waals surface area contributed by atoms with Crippen molar-refractivity contribution in [1.82, 2.24) is 4.90 Å². The number of likely N-dealkylation sites (tertiary alicyclic amines) is 1. The molecule has 114 valence electrons. The van der Waals surface area contributed by atoms with E-state index in [2.05, 4.69) is 12.2 Å². The average Bonchev–Trinajstić information content (AvgIpc) is 3.08. The number of rotatable bonds is 3. The van der Waals surface area contributed by atoms with Gasteiger partial charge in [-0.25, -0.2) is 0 Å². The van der Waals surface area contributed by atoms with Crippen molar-refractivity contribution in [3.05, 3.63) is 12.2 Å². The highest BCUT2D eigenvalue weighted by atomic mass is 16.4. The summed E-state index contributed by atoms with van der Waals surface area (Å²) in [5, 5.41) is 18.3. The first-order valence-corrected chi connectivity index (χ1v) is 7.40. The van der Waals surface area contributed by atoms with E-state index in [1.807, 2.05) is 0 Å². The zero-order valence-electron chi connectivity index (χ0n) is 11.6. The van der Waals surface area contributed by atoms with Crippen LogP contribution in [0.25, 0.3) is 0 Å². The number of carbonyl (C=O) groups excluding carboxylic acids is 1. The van der Waals surface area contributed by atoms with Gasteiger partial charge in [0.15, 0.2) is 0 Å². The first-order valence-electron chi connectivity index (χ1n) is 7.40. The number of carboxylic acid groups (broad SMARTS) is 2. The molecule has 1 amide bonds. The molecule has 3 rings (SSSR count). The lowest BCUT2D eigenvalue weighted by Gasteiger charge is -2.36.